The van der Waals surface area contributed by atoms with Gasteiger partial charge in [-0.2, -0.15) is 0 Å². The Hall–Kier alpha value is -1.44. The van der Waals surface area contributed by atoms with E-state index < -0.39 is 14.6 Å². The molecule has 0 aromatic heterocycles. The predicted octanol–water partition coefficient (Wildman–Crippen LogP) is 0.806. The minimum absolute atomic E-state index is 0.197. The van der Waals surface area contributed by atoms with Gasteiger partial charge in [0, 0.05) is 39.0 Å². The highest BCUT2D eigenvalue weighted by Crippen LogP contribution is 2.30. The van der Waals surface area contributed by atoms with E-state index in [2.05, 4.69) is 41.4 Å². The van der Waals surface area contributed by atoms with E-state index in [0.29, 0.717) is 39.0 Å². The standard InChI is InChI=1S/C19H29N3O3S/c1-16-4-3-5-17(14-16)15-21-10-12-22(13-11-21)18(23)19(26(2,24)25)6-8-20-9-7-19/h3-5,14,20H,6-13,15H2,1-2H3. The van der Waals surface area contributed by atoms with Gasteiger partial charge >= 0.3 is 0 Å². The van der Waals surface area contributed by atoms with Crippen LogP contribution in [0.15, 0.2) is 24.3 Å². The van der Waals surface area contributed by atoms with Crippen molar-refractivity contribution in [3.63, 3.8) is 0 Å². The average molecular weight is 380 g/mol. The van der Waals surface area contributed by atoms with Crippen molar-refractivity contribution in [3.8, 4) is 0 Å². The number of piperazine rings is 1. The van der Waals surface area contributed by atoms with E-state index in [1.165, 1.54) is 17.4 Å². The number of benzene rings is 1. The molecule has 1 amide bonds. The SMILES string of the molecule is Cc1cccc(CN2CCN(C(=O)C3(S(C)(=O)=O)CCNCC3)CC2)c1. The van der Waals surface area contributed by atoms with Gasteiger partial charge in [-0.05, 0) is 38.4 Å². The number of piperidine rings is 1. The highest BCUT2D eigenvalue weighted by atomic mass is 32.2. The molecule has 2 heterocycles. The Balaban J connectivity index is 1.64. The summed E-state index contributed by atoms with van der Waals surface area (Å²) in [6.07, 6.45) is 1.95. The van der Waals surface area contributed by atoms with Crippen LogP contribution in [0.2, 0.25) is 0 Å². The number of hydrogen-bond acceptors (Lipinski definition) is 5. The van der Waals surface area contributed by atoms with Crippen molar-refractivity contribution >= 4 is 15.7 Å². The van der Waals surface area contributed by atoms with Crippen LogP contribution < -0.4 is 5.32 Å². The van der Waals surface area contributed by atoms with Gasteiger partial charge in [0.15, 0.2) is 14.6 Å². The first-order chi connectivity index (χ1) is 12.3. The fraction of sp³-hybridized carbons (Fsp3) is 0.632. The Morgan fingerprint density at radius 1 is 1.15 bits per heavy atom. The summed E-state index contributed by atoms with van der Waals surface area (Å²) in [7, 11) is -3.45. The zero-order chi connectivity index (χ0) is 18.8. The van der Waals surface area contributed by atoms with Crippen LogP contribution in [0.5, 0.6) is 0 Å². The molecule has 0 unspecified atom stereocenters. The molecule has 3 rings (SSSR count). The summed E-state index contributed by atoms with van der Waals surface area (Å²) in [4.78, 5) is 17.2. The third-order valence-corrected chi connectivity index (χ3v) is 7.66. The molecule has 2 saturated heterocycles. The van der Waals surface area contributed by atoms with Crippen molar-refractivity contribution in [2.24, 2.45) is 0 Å². The monoisotopic (exact) mass is 379 g/mol. The Morgan fingerprint density at radius 3 is 2.38 bits per heavy atom. The van der Waals surface area contributed by atoms with Gasteiger partial charge in [-0.25, -0.2) is 8.42 Å². The predicted molar refractivity (Wildman–Crippen MR) is 103 cm³/mol. The second-order valence-corrected chi connectivity index (χ2v) is 9.90. The molecule has 144 valence electrons. The van der Waals surface area contributed by atoms with Gasteiger partial charge in [-0.3, -0.25) is 9.69 Å². The summed E-state index contributed by atoms with van der Waals surface area (Å²) in [5.74, 6) is -0.197. The van der Waals surface area contributed by atoms with Crippen LogP contribution >= 0.6 is 0 Å². The summed E-state index contributed by atoms with van der Waals surface area (Å²) in [6.45, 7) is 6.84. The first-order valence-corrected chi connectivity index (χ1v) is 11.2. The molecular weight excluding hydrogens is 350 g/mol. The van der Waals surface area contributed by atoms with Gasteiger partial charge in [-0.1, -0.05) is 29.8 Å². The largest absolute Gasteiger partial charge is 0.339 e. The molecular formula is C19H29N3O3S. The lowest BCUT2D eigenvalue weighted by molar-refractivity contribution is -0.136. The number of sulfone groups is 1. The Labute approximate surface area is 156 Å². The number of rotatable bonds is 4. The molecule has 2 aliphatic heterocycles. The van der Waals surface area contributed by atoms with Crippen molar-refractivity contribution in [3.05, 3.63) is 35.4 Å². The molecule has 0 saturated carbocycles. The van der Waals surface area contributed by atoms with Crippen molar-refractivity contribution < 1.29 is 13.2 Å². The van der Waals surface area contributed by atoms with Crippen molar-refractivity contribution in [1.29, 1.82) is 0 Å². The first kappa shape index (κ1) is 19.3. The van der Waals surface area contributed by atoms with Crippen LogP contribution in [0, 0.1) is 6.92 Å². The molecule has 0 bridgehead atoms. The maximum atomic E-state index is 13.1. The van der Waals surface area contributed by atoms with Gasteiger partial charge in [-0.15, -0.1) is 0 Å². The van der Waals surface area contributed by atoms with Gasteiger partial charge in [0.25, 0.3) is 0 Å². The first-order valence-electron chi connectivity index (χ1n) is 9.29. The molecule has 0 aliphatic carbocycles. The fourth-order valence-electron chi connectivity index (χ4n) is 4.04. The lowest BCUT2D eigenvalue weighted by Crippen LogP contribution is -2.61. The minimum Gasteiger partial charge on any atom is -0.339 e. The number of carbonyl (C=O) groups excluding carboxylic acids is 1. The fourth-order valence-corrected chi connectivity index (χ4v) is 5.43. The summed E-state index contributed by atoms with van der Waals surface area (Å²) < 4.78 is 23.6. The molecule has 1 aromatic carbocycles. The van der Waals surface area contributed by atoms with E-state index in [4.69, 9.17) is 0 Å². The van der Waals surface area contributed by atoms with Crippen LogP contribution in [0.1, 0.15) is 24.0 Å². The van der Waals surface area contributed by atoms with Crippen molar-refractivity contribution in [2.75, 3.05) is 45.5 Å². The Bertz CT molecular complexity index is 749. The van der Waals surface area contributed by atoms with Crippen LogP contribution in [0.3, 0.4) is 0 Å². The zero-order valence-corrected chi connectivity index (χ0v) is 16.5. The third kappa shape index (κ3) is 3.94. The number of nitrogens with one attached hydrogen (secondary N) is 1. The summed E-state index contributed by atoms with van der Waals surface area (Å²) in [6, 6.07) is 8.46. The second kappa shape index (κ2) is 7.66. The normalized spacial score (nSPS) is 21.5. The van der Waals surface area contributed by atoms with Crippen LogP contribution in [-0.4, -0.2) is 74.4 Å². The molecule has 0 radical (unpaired) electrons. The van der Waals surface area contributed by atoms with E-state index in [1.807, 2.05) is 0 Å². The maximum absolute atomic E-state index is 13.1. The lowest BCUT2D eigenvalue weighted by Gasteiger charge is -2.42. The van der Waals surface area contributed by atoms with Gasteiger partial charge in [0.1, 0.15) is 0 Å². The van der Waals surface area contributed by atoms with Gasteiger partial charge in [0.05, 0.1) is 0 Å². The molecule has 1 aromatic rings. The number of hydrogen-bond donors (Lipinski definition) is 1. The molecule has 2 fully saturated rings. The summed E-state index contributed by atoms with van der Waals surface area (Å²) in [5.41, 5.74) is 2.52. The molecule has 2 aliphatic rings. The molecule has 6 nitrogen and oxygen atoms in total. The summed E-state index contributed by atoms with van der Waals surface area (Å²) in [5, 5.41) is 3.16. The molecule has 0 atom stereocenters. The van der Waals surface area contributed by atoms with Gasteiger partial charge in [0.2, 0.25) is 5.91 Å². The Kier molecular flexibility index (Phi) is 5.69. The molecule has 0 spiro atoms. The lowest BCUT2D eigenvalue weighted by atomic mass is 9.94. The van der Waals surface area contributed by atoms with Crippen molar-refractivity contribution in [2.45, 2.75) is 31.1 Å². The van der Waals surface area contributed by atoms with E-state index in [1.54, 1.807) is 4.90 Å². The quantitative estimate of drug-likeness (QED) is 0.838. The smallest absolute Gasteiger partial charge is 0.244 e. The van der Waals surface area contributed by atoms with Gasteiger partial charge < -0.3 is 10.2 Å². The number of carbonyl (C=O) groups is 1. The molecule has 1 N–H and O–H groups in total. The van der Waals surface area contributed by atoms with E-state index >= 15 is 0 Å². The zero-order valence-electron chi connectivity index (χ0n) is 15.7. The highest BCUT2D eigenvalue weighted by Gasteiger charge is 2.50. The highest BCUT2D eigenvalue weighted by molar-refractivity contribution is 7.92. The van der Waals surface area contributed by atoms with E-state index in [0.717, 1.165) is 19.6 Å². The van der Waals surface area contributed by atoms with Crippen LogP contribution in [-0.2, 0) is 21.2 Å². The van der Waals surface area contributed by atoms with E-state index in [-0.39, 0.29) is 5.91 Å². The van der Waals surface area contributed by atoms with E-state index in [9.17, 15) is 13.2 Å². The summed E-state index contributed by atoms with van der Waals surface area (Å²) >= 11 is 0. The molecule has 26 heavy (non-hydrogen) atoms. The number of nitrogens with zero attached hydrogens (tertiary/aromatic N) is 2. The number of amides is 1. The number of aryl methyl sites for hydroxylation is 1. The minimum atomic E-state index is -3.45. The third-order valence-electron chi connectivity index (χ3n) is 5.66. The topological polar surface area (TPSA) is 69.7 Å². The maximum Gasteiger partial charge on any atom is 0.244 e. The van der Waals surface area contributed by atoms with Crippen LogP contribution in [0.25, 0.3) is 0 Å². The Morgan fingerprint density at radius 2 is 1.81 bits per heavy atom. The molecule has 7 heteroatoms. The van der Waals surface area contributed by atoms with Crippen molar-refractivity contribution in [1.82, 2.24) is 15.1 Å². The second-order valence-electron chi connectivity index (χ2n) is 7.57. The average Bonchev–Trinajstić information content (AvgIpc) is 2.61. The van der Waals surface area contributed by atoms with Crippen LogP contribution in [0.4, 0.5) is 0 Å².